The Morgan fingerprint density at radius 1 is 0.962 bits per heavy atom. The maximum absolute atomic E-state index is 13.7. The predicted molar refractivity (Wildman–Crippen MR) is 56.5 cm³/mol. The lowest BCUT2D eigenvalue weighted by Gasteiger charge is -2.28. The highest BCUT2D eigenvalue weighted by Gasteiger charge is 2.76. The first kappa shape index (κ1) is 21.2. The zero-order valence-corrected chi connectivity index (χ0v) is 11.3. The van der Waals surface area contributed by atoms with Crippen LogP contribution in [0.4, 0.5) is 49.6 Å². The zero-order valence-electron chi connectivity index (χ0n) is 11.3. The fourth-order valence-electron chi connectivity index (χ4n) is 1.44. The molecule has 0 fully saturated rings. The minimum atomic E-state index is -7.06. The van der Waals surface area contributed by atoms with Crippen molar-refractivity contribution in [1.29, 1.82) is 0 Å². The van der Waals surface area contributed by atoms with Crippen molar-refractivity contribution >= 4 is 11.7 Å². The van der Waals surface area contributed by atoms with Crippen molar-refractivity contribution in [1.82, 2.24) is 0 Å². The van der Waals surface area contributed by atoms with Gasteiger partial charge in [-0.1, -0.05) is 0 Å². The number of carbonyl (C=O) groups is 1. The molecule has 146 valence electrons. The first-order valence-electron chi connectivity index (χ1n) is 5.56. The Hall–Kier alpha value is -2.81. The minimum Gasteiger partial charge on any atom is -0.477 e. The number of nitro groups is 1. The van der Waals surface area contributed by atoms with Crippen molar-refractivity contribution in [3.05, 3.63) is 33.1 Å². The third-order valence-electron chi connectivity index (χ3n) is 2.60. The van der Waals surface area contributed by atoms with E-state index in [4.69, 9.17) is 5.11 Å². The summed E-state index contributed by atoms with van der Waals surface area (Å²) in [6.45, 7) is 0. The number of ether oxygens (including phenoxy) is 1. The monoisotopic (exact) mass is 405 g/mol. The molecule has 0 aliphatic rings. The molecule has 1 N–H and O–H groups in total. The Bertz CT molecular complexity index is 775. The van der Waals surface area contributed by atoms with Gasteiger partial charge in [0.15, 0.2) is 11.4 Å². The van der Waals surface area contributed by atoms with E-state index in [1.165, 1.54) is 0 Å². The van der Waals surface area contributed by atoms with Crippen LogP contribution in [0.5, 0.6) is 5.75 Å². The van der Waals surface area contributed by atoms with Gasteiger partial charge in [0.25, 0.3) is 0 Å². The van der Waals surface area contributed by atoms with E-state index in [1.54, 1.807) is 0 Å². The summed E-state index contributed by atoms with van der Waals surface area (Å²) in [4.78, 5) is 19.1. The van der Waals surface area contributed by atoms with Crippen LogP contribution >= 0.6 is 0 Å². The highest BCUT2D eigenvalue weighted by atomic mass is 19.4. The average Bonchev–Trinajstić information content (AvgIpc) is 2.44. The molecule has 0 heterocycles. The van der Waals surface area contributed by atoms with Gasteiger partial charge in [-0.3, -0.25) is 10.1 Å². The molecular formula is C10HF10NO5. The molecule has 0 amide bonds. The highest BCUT2D eigenvalue weighted by Crippen LogP contribution is 2.48. The molecule has 26 heavy (non-hydrogen) atoms. The van der Waals surface area contributed by atoms with Crippen LogP contribution in [0.15, 0.2) is 0 Å². The second-order valence-electron chi connectivity index (χ2n) is 4.25. The number of rotatable bonds is 5. The third kappa shape index (κ3) is 3.17. The zero-order chi connectivity index (χ0) is 20.8. The van der Waals surface area contributed by atoms with Gasteiger partial charge < -0.3 is 9.84 Å². The Balaban J connectivity index is 3.72. The normalized spacial score (nSPS) is 12.8. The van der Waals surface area contributed by atoms with Gasteiger partial charge in [-0.25, -0.2) is 9.18 Å². The lowest BCUT2D eigenvalue weighted by atomic mass is 10.1. The highest BCUT2D eigenvalue weighted by molar-refractivity contribution is 5.93. The number of nitro benzene ring substituents is 1. The molecule has 6 nitrogen and oxygen atoms in total. The molecule has 1 aromatic carbocycles. The van der Waals surface area contributed by atoms with Gasteiger partial charge in [0.1, 0.15) is 0 Å². The first-order valence-corrected chi connectivity index (χ1v) is 5.56. The Kier molecular flexibility index (Phi) is 5.04. The topological polar surface area (TPSA) is 89.7 Å². The second-order valence-corrected chi connectivity index (χ2v) is 4.25. The van der Waals surface area contributed by atoms with Crippen LogP contribution in [-0.2, 0) is 0 Å². The molecule has 16 heteroatoms. The lowest BCUT2D eigenvalue weighted by molar-refractivity contribution is -0.403. The number of hydrogen-bond acceptors (Lipinski definition) is 4. The average molecular weight is 405 g/mol. The summed E-state index contributed by atoms with van der Waals surface area (Å²) in [5.74, 6) is -21.9. The number of alkyl halides is 7. The van der Waals surface area contributed by atoms with Gasteiger partial charge in [0, 0.05) is 0 Å². The van der Waals surface area contributed by atoms with Crippen molar-refractivity contribution in [3.63, 3.8) is 0 Å². The number of aromatic carboxylic acids is 1. The molecule has 0 aromatic heterocycles. The van der Waals surface area contributed by atoms with Crippen LogP contribution in [0.1, 0.15) is 10.4 Å². The molecule has 0 aliphatic heterocycles. The van der Waals surface area contributed by atoms with Gasteiger partial charge in [-0.2, -0.15) is 39.5 Å². The van der Waals surface area contributed by atoms with Crippen LogP contribution < -0.4 is 4.74 Å². The van der Waals surface area contributed by atoms with E-state index in [1.807, 2.05) is 0 Å². The van der Waals surface area contributed by atoms with E-state index in [2.05, 4.69) is 4.74 Å². The maximum atomic E-state index is 13.7. The van der Waals surface area contributed by atoms with E-state index in [-0.39, 0.29) is 0 Å². The van der Waals surface area contributed by atoms with Crippen molar-refractivity contribution < 1.29 is 63.5 Å². The van der Waals surface area contributed by atoms with Gasteiger partial charge in [0.2, 0.25) is 17.4 Å². The summed E-state index contributed by atoms with van der Waals surface area (Å²) in [5.41, 5.74) is -4.89. The maximum Gasteiger partial charge on any atom is 0.474 e. The Labute approximate surface area is 133 Å². The molecule has 0 spiro atoms. The standard InChI is InChI=1S/C10HF10NO5/c11-2-1(7(22)23)5(21(24)25)3(12)4(13)6(2)26-10(19,20)8(14,15)9(16,17)18/h(H,22,23). The molecule has 0 bridgehead atoms. The minimum absolute atomic E-state index is 2.00. The number of benzene rings is 1. The molecule has 0 unspecified atom stereocenters. The number of carboxylic acids is 1. The largest absolute Gasteiger partial charge is 0.477 e. The van der Waals surface area contributed by atoms with Crippen molar-refractivity contribution in [3.8, 4) is 5.75 Å². The van der Waals surface area contributed by atoms with Crippen LogP contribution in [-0.4, -0.2) is 34.2 Å². The van der Waals surface area contributed by atoms with Crippen molar-refractivity contribution in [2.75, 3.05) is 0 Å². The molecule has 0 saturated heterocycles. The molecule has 0 aliphatic carbocycles. The van der Waals surface area contributed by atoms with Crippen LogP contribution in [0.25, 0.3) is 0 Å². The van der Waals surface area contributed by atoms with E-state index in [0.29, 0.717) is 0 Å². The fraction of sp³-hybridized carbons (Fsp3) is 0.300. The molecule has 0 saturated carbocycles. The van der Waals surface area contributed by atoms with E-state index in [9.17, 15) is 58.8 Å². The molecular weight excluding hydrogens is 404 g/mol. The summed E-state index contributed by atoms with van der Waals surface area (Å²) in [6.07, 6.45) is -13.7. The second kappa shape index (κ2) is 6.17. The molecule has 0 atom stereocenters. The summed E-state index contributed by atoms with van der Waals surface area (Å²) in [6, 6.07) is 0. The van der Waals surface area contributed by atoms with Crippen LogP contribution in [0, 0.1) is 27.6 Å². The number of nitrogens with zero attached hydrogens (tertiary/aromatic N) is 1. The summed E-state index contributed by atoms with van der Waals surface area (Å²) in [7, 11) is 0. The van der Waals surface area contributed by atoms with E-state index < -0.39 is 63.6 Å². The Morgan fingerprint density at radius 3 is 1.77 bits per heavy atom. The number of carboxylic acid groups (broad SMARTS) is 1. The third-order valence-corrected chi connectivity index (χ3v) is 2.60. The van der Waals surface area contributed by atoms with Crippen molar-refractivity contribution in [2.24, 2.45) is 0 Å². The Morgan fingerprint density at radius 2 is 1.42 bits per heavy atom. The van der Waals surface area contributed by atoms with Gasteiger partial charge >= 0.3 is 29.9 Å². The van der Waals surface area contributed by atoms with Gasteiger partial charge in [0.05, 0.1) is 4.92 Å². The number of hydrogen-bond donors (Lipinski definition) is 1. The summed E-state index contributed by atoms with van der Waals surface area (Å²) in [5, 5.41) is 19.0. The first-order chi connectivity index (χ1) is 11.5. The van der Waals surface area contributed by atoms with E-state index in [0.717, 1.165) is 0 Å². The SMILES string of the molecule is O=C(O)c1c(F)c(OC(F)(F)C(F)(F)C(F)(F)F)c(F)c(F)c1[N+](=O)[O-]. The van der Waals surface area contributed by atoms with Crippen LogP contribution in [0.3, 0.4) is 0 Å². The van der Waals surface area contributed by atoms with Gasteiger partial charge in [-0.15, -0.1) is 0 Å². The summed E-state index contributed by atoms with van der Waals surface area (Å²) >= 11 is 0. The van der Waals surface area contributed by atoms with Crippen molar-refractivity contribution in [2.45, 2.75) is 18.2 Å². The smallest absolute Gasteiger partial charge is 0.474 e. The quantitative estimate of drug-likeness (QED) is 0.348. The lowest BCUT2D eigenvalue weighted by Crippen LogP contribution is -2.55. The molecule has 1 rings (SSSR count). The molecule has 0 radical (unpaired) electrons. The van der Waals surface area contributed by atoms with Crippen LogP contribution in [0.2, 0.25) is 0 Å². The summed E-state index contributed by atoms with van der Waals surface area (Å²) < 4.78 is 130. The van der Waals surface area contributed by atoms with E-state index >= 15 is 0 Å². The fourth-order valence-corrected chi connectivity index (χ4v) is 1.44. The molecule has 1 aromatic rings. The number of halogens is 10. The van der Waals surface area contributed by atoms with Gasteiger partial charge in [-0.05, 0) is 0 Å². The predicted octanol–water partition coefficient (Wildman–Crippen LogP) is 3.88.